The number of nitrogens with one attached hydrogen (secondary N) is 2. The van der Waals surface area contributed by atoms with Crippen molar-refractivity contribution in [2.24, 2.45) is 0 Å². The van der Waals surface area contributed by atoms with E-state index in [2.05, 4.69) is 15.6 Å². The molecule has 0 bridgehead atoms. The molecule has 3 aromatic rings. The van der Waals surface area contributed by atoms with Crippen LogP contribution in [0.15, 0.2) is 48.7 Å². The van der Waals surface area contributed by atoms with Crippen LogP contribution in [0.5, 0.6) is 0 Å². The second kappa shape index (κ2) is 6.07. The summed E-state index contributed by atoms with van der Waals surface area (Å²) in [5.41, 5.74) is 3.37. The number of hydrogen-bond acceptors (Lipinski definition) is 2. The third-order valence-electron chi connectivity index (χ3n) is 3.33. The van der Waals surface area contributed by atoms with E-state index in [-0.39, 0.29) is 6.03 Å². The highest BCUT2D eigenvalue weighted by molar-refractivity contribution is 6.30. The zero-order valence-electron chi connectivity index (χ0n) is 12.0. The van der Waals surface area contributed by atoms with Crippen molar-refractivity contribution >= 4 is 29.0 Å². The quantitative estimate of drug-likeness (QED) is 0.775. The Bertz CT molecular complexity index is 828. The molecule has 0 saturated carbocycles. The van der Waals surface area contributed by atoms with Crippen LogP contribution in [0.1, 0.15) is 11.4 Å². The van der Waals surface area contributed by atoms with Gasteiger partial charge in [0.1, 0.15) is 5.65 Å². The SMILES string of the molecule is Cc1nc2ccccn2c1CNC(=O)Nc1cccc(Cl)c1. The average molecular weight is 315 g/mol. The number of carbonyl (C=O) groups is 1. The topological polar surface area (TPSA) is 58.4 Å². The molecule has 2 N–H and O–H groups in total. The number of fused-ring (bicyclic) bond motifs is 1. The second-order valence-electron chi connectivity index (χ2n) is 4.89. The number of anilines is 1. The maximum absolute atomic E-state index is 12.0. The predicted molar refractivity (Wildman–Crippen MR) is 87.2 cm³/mol. The van der Waals surface area contributed by atoms with Crippen molar-refractivity contribution < 1.29 is 4.79 Å². The molecular formula is C16H15ClN4O. The lowest BCUT2D eigenvalue weighted by Gasteiger charge is -2.08. The van der Waals surface area contributed by atoms with Gasteiger partial charge in [0.05, 0.1) is 17.9 Å². The largest absolute Gasteiger partial charge is 0.332 e. The van der Waals surface area contributed by atoms with Gasteiger partial charge >= 0.3 is 6.03 Å². The van der Waals surface area contributed by atoms with Crippen LogP contribution in [0, 0.1) is 6.92 Å². The van der Waals surface area contributed by atoms with E-state index >= 15 is 0 Å². The number of carbonyl (C=O) groups excluding carboxylic acids is 1. The Balaban J connectivity index is 1.69. The number of urea groups is 1. The second-order valence-corrected chi connectivity index (χ2v) is 5.33. The molecule has 112 valence electrons. The number of aromatic nitrogens is 2. The Morgan fingerprint density at radius 3 is 2.95 bits per heavy atom. The molecule has 0 aliphatic heterocycles. The lowest BCUT2D eigenvalue weighted by Crippen LogP contribution is -2.28. The highest BCUT2D eigenvalue weighted by Gasteiger charge is 2.09. The van der Waals surface area contributed by atoms with Gasteiger partial charge < -0.3 is 15.0 Å². The van der Waals surface area contributed by atoms with Crippen LogP contribution in [0.3, 0.4) is 0 Å². The Labute approximate surface area is 132 Å². The molecule has 2 amide bonds. The van der Waals surface area contributed by atoms with E-state index in [0.717, 1.165) is 17.0 Å². The Morgan fingerprint density at radius 2 is 2.14 bits per heavy atom. The molecule has 6 heteroatoms. The molecule has 0 saturated heterocycles. The monoisotopic (exact) mass is 314 g/mol. The highest BCUT2D eigenvalue weighted by atomic mass is 35.5. The number of hydrogen-bond donors (Lipinski definition) is 2. The number of imidazole rings is 1. The minimum atomic E-state index is -0.285. The Morgan fingerprint density at radius 1 is 1.27 bits per heavy atom. The molecule has 1 aromatic carbocycles. The van der Waals surface area contributed by atoms with E-state index in [0.29, 0.717) is 17.3 Å². The first-order chi connectivity index (χ1) is 10.6. The zero-order valence-corrected chi connectivity index (χ0v) is 12.8. The number of amides is 2. The van der Waals surface area contributed by atoms with Gasteiger partial charge in [0.2, 0.25) is 0 Å². The van der Waals surface area contributed by atoms with Crippen LogP contribution < -0.4 is 10.6 Å². The van der Waals surface area contributed by atoms with Crippen molar-refractivity contribution in [1.82, 2.24) is 14.7 Å². The van der Waals surface area contributed by atoms with Crippen molar-refractivity contribution in [3.63, 3.8) is 0 Å². The summed E-state index contributed by atoms with van der Waals surface area (Å²) >= 11 is 5.89. The number of aryl methyl sites for hydroxylation is 1. The molecule has 0 atom stereocenters. The van der Waals surface area contributed by atoms with Gasteiger partial charge in [0, 0.05) is 16.9 Å². The summed E-state index contributed by atoms with van der Waals surface area (Å²) in [6, 6.07) is 12.5. The van der Waals surface area contributed by atoms with Crippen LogP contribution in [-0.2, 0) is 6.54 Å². The van der Waals surface area contributed by atoms with Crippen LogP contribution >= 0.6 is 11.6 Å². The van der Waals surface area contributed by atoms with Crippen LogP contribution in [0.25, 0.3) is 5.65 Å². The fourth-order valence-corrected chi connectivity index (χ4v) is 2.47. The van der Waals surface area contributed by atoms with Gasteiger partial charge in [-0.25, -0.2) is 9.78 Å². The van der Waals surface area contributed by atoms with E-state index in [1.807, 2.05) is 35.7 Å². The molecule has 0 fully saturated rings. The average Bonchev–Trinajstić information content (AvgIpc) is 2.80. The van der Waals surface area contributed by atoms with Gasteiger partial charge in [-0.3, -0.25) is 0 Å². The summed E-state index contributed by atoms with van der Waals surface area (Å²) in [6.07, 6.45) is 1.93. The minimum absolute atomic E-state index is 0.285. The lowest BCUT2D eigenvalue weighted by molar-refractivity contribution is 0.251. The molecule has 0 unspecified atom stereocenters. The summed E-state index contributed by atoms with van der Waals surface area (Å²) in [7, 11) is 0. The molecule has 0 spiro atoms. The smallest absolute Gasteiger partial charge is 0.319 e. The van der Waals surface area contributed by atoms with Gasteiger partial charge in [-0.2, -0.15) is 0 Å². The predicted octanol–water partition coefficient (Wildman–Crippen LogP) is 3.62. The molecule has 0 radical (unpaired) electrons. The molecule has 22 heavy (non-hydrogen) atoms. The van der Waals surface area contributed by atoms with Crippen LogP contribution in [-0.4, -0.2) is 15.4 Å². The number of nitrogens with zero attached hydrogens (tertiary/aromatic N) is 2. The van der Waals surface area contributed by atoms with Gasteiger partial charge in [-0.15, -0.1) is 0 Å². The van der Waals surface area contributed by atoms with Crippen LogP contribution in [0.2, 0.25) is 5.02 Å². The normalized spacial score (nSPS) is 10.6. The van der Waals surface area contributed by atoms with Crippen LogP contribution in [0.4, 0.5) is 10.5 Å². The van der Waals surface area contributed by atoms with Crippen molar-refractivity contribution in [3.05, 3.63) is 65.1 Å². The summed E-state index contributed by atoms with van der Waals surface area (Å²) in [5, 5.41) is 6.16. The fourth-order valence-electron chi connectivity index (χ4n) is 2.28. The maximum atomic E-state index is 12.0. The number of rotatable bonds is 3. The minimum Gasteiger partial charge on any atom is -0.332 e. The van der Waals surface area contributed by atoms with Crippen molar-refractivity contribution in [2.75, 3.05) is 5.32 Å². The Kier molecular flexibility index (Phi) is 3.98. The first-order valence-corrected chi connectivity index (χ1v) is 7.24. The third kappa shape index (κ3) is 3.04. The molecule has 3 rings (SSSR count). The third-order valence-corrected chi connectivity index (χ3v) is 3.56. The summed E-state index contributed by atoms with van der Waals surface area (Å²) in [5.74, 6) is 0. The standard InChI is InChI=1S/C16H15ClN4O/c1-11-14(21-8-3-2-7-15(21)19-11)10-18-16(22)20-13-6-4-5-12(17)9-13/h2-9H,10H2,1H3,(H2,18,20,22). The van der Waals surface area contributed by atoms with Gasteiger partial charge in [-0.05, 0) is 37.3 Å². The van der Waals surface area contributed by atoms with Gasteiger partial charge in [0.25, 0.3) is 0 Å². The molecular weight excluding hydrogens is 300 g/mol. The maximum Gasteiger partial charge on any atom is 0.319 e. The molecule has 0 aliphatic carbocycles. The summed E-state index contributed by atoms with van der Waals surface area (Å²) < 4.78 is 1.97. The number of pyridine rings is 1. The first-order valence-electron chi connectivity index (χ1n) is 6.86. The van der Waals surface area contributed by atoms with Crippen molar-refractivity contribution in [1.29, 1.82) is 0 Å². The molecule has 2 aromatic heterocycles. The number of halogens is 1. The Hall–Kier alpha value is -2.53. The van der Waals surface area contributed by atoms with E-state index in [1.54, 1.807) is 24.3 Å². The molecule has 2 heterocycles. The van der Waals surface area contributed by atoms with Crippen molar-refractivity contribution in [3.8, 4) is 0 Å². The van der Waals surface area contributed by atoms with E-state index in [4.69, 9.17) is 11.6 Å². The van der Waals surface area contributed by atoms with Gasteiger partial charge in [0.15, 0.2) is 0 Å². The summed E-state index contributed by atoms with van der Waals surface area (Å²) in [4.78, 5) is 16.4. The number of benzene rings is 1. The zero-order chi connectivity index (χ0) is 15.5. The molecule has 0 aliphatic rings. The molecule has 5 nitrogen and oxygen atoms in total. The highest BCUT2D eigenvalue weighted by Crippen LogP contribution is 2.15. The van der Waals surface area contributed by atoms with E-state index < -0.39 is 0 Å². The van der Waals surface area contributed by atoms with Crippen molar-refractivity contribution in [2.45, 2.75) is 13.5 Å². The van der Waals surface area contributed by atoms with E-state index in [1.165, 1.54) is 0 Å². The van der Waals surface area contributed by atoms with E-state index in [9.17, 15) is 4.79 Å². The van der Waals surface area contributed by atoms with Gasteiger partial charge in [-0.1, -0.05) is 23.7 Å². The lowest BCUT2D eigenvalue weighted by atomic mass is 10.3. The fraction of sp³-hybridized carbons (Fsp3) is 0.125. The first kappa shape index (κ1) is 14.4. The summed E-state index contributed by atoms with van der Waals surface area (Å²) in [6.45, 7) is 2.32.